The fourth-order valence-electron chi connectivity index (χ4n) is 4.48. The lowest BCUT2D eigenvalue weighted by atomic mass is 10.0. The van der Waals surface area contributed by atoms with Crippen molar-refractivity contribution in [1.29, 1.82) is 0 Å². The molecule has 0 saturated carbocycles. The van der Waals surface area contributed by atoms with Crippen LogP contribution in [-0.2, 0) is 16.0 Å². The molecule has 2 heterocycles. The van der Waals surface area contributed by atoms with E-state index < -0.39 is 12.2 Å². The normalized spacial score (nSPS) is 17.5. The molecule has 7 heteroatoms. The molecule has 35 heavy (non-hydrogen) atoms. The summed E-state index contributed by atoms with van der Waals surface area (Å²) >= 11 is 1.43. The van der Waals surface area contributed by atoms with Gasteiger partial charge in [0.15, 0.2) is 0 Å². The minimum atomic E-state index is -0.623. The Balaban J connectivity index is 1.50. The van der Waals surface area contributed by atoms with Crippen LogP contribution < -0.4 is 4.90 Å². The second-order valence-corrected chi connectivity index (χ2v) is 10.5. The Kier molecular flexibility index (Phi) is 10.8. The van der Waals surface area contributed by atoms with E-state index in [0.29, 0.717) is 17.7 Å². The number of esters is 1. The van der Waals surface area contributed by atoms with Gasteiger partial charge in [-0.25, -0.2) is 4.79 Å². The molecular weight excluding hydrogens is 462 g/mol. The maximum Gasteiger partial charge on any atom is 0.348 e. The largest absolute Gasteiger partial charge is 0.459 e. The molecule has 192 valence electrons. The van der Waals surface area contributed by atoms with E-state index in [0.717, 1.165) is 67.5 Å². The smallest absolute Gasteiger partial charge is 0.348 e. The van der Waals surface area contributed by atoms with Gasteiger partial charge in [0, 0.05) is 23.0 Å². The first-order chi connectivity index (χ1) is 16.9. The molecule has 0 radical (unpaired) electrons. The minimum absolute atomic E-state index is 0.0207. The molecule has 3 atom stereocenters. The zero-order chi connectivity index (χ0) is 25.2. The van der Waals surface area contributed by atoms with Gasteiger partial charge in [0.1, 0.15) is 11.5 Å². The summed E-state index contributed by atoms with van der Waals surface area (Å²) in [5, 5.41) is 20.0. The average molecular weight is 502 g/mol. The lowest BCUT2D eigenvalue weighted by molar-refractivity contribution is -0.117. The van der Waals surface area contributed by atoms with Gasteiger partial charge in [0.25, 0.3) is 0 Å². The summed E-state index contributed by atoms with van der Waals surface area (Å²) in [5.74, 6) is -0.234. The SMILES string of the molecule is CCCCC[C@H](O)c1ccc(N2C(=O)CC[C@@H]2CCCc2ccc(C(=O)OC[C@H](O)CC)s2)cc1. The van der Waals surface area contributed by atoms with Gasteiger partial charge in [-0.3, -0.25) is 4.79 Å². The fourth-order valence-corrected chi connectivity index (χ4v) is 5.42. The summed E-state index contributed by atoms with van der Waals surface area (Å²) in [6, 6.07) is 11.7. The predicted octanol–water partition coefficient (Wildman–Crippen LogP) is 5.81. The van der Waals surface area contributed by atoms with E-state index in [1.165, 1.54) is 11.3 Å². The van der Waals surface area contributed by atoms with Crippen molar-refractivity contribution in [2.75, 3.05) is 11.5 Å². The first-order valence-corrected chi connectivity index (χ1v) is 13.8. The first kappa shape index (κ1) is 27.4. The number of ether oxygens (including phenoxy) is 1. The number of carbonyl (C=O) groups excluding carboxylic acids is 2. The third-order valence-electron chi connectivity index (χ3n) is 6.66. The van der Waals surface area contributed by atoms with Crippen molar-refractivity contribution in [3.63, 3.8) is 0 Å². The Bertz CT molecular complexity index is 941. The second-order valence-electron chi connectivity index (χ2n) is 9.38. The molecule has 0 spiro atoms. The fraction of sp³-hybridized carbons (Fsp3) is 0.571. The van der Waals surface area contributed by atoms with Crippen molar-refractivity contribution < 1.29 is 24.5 Å². The molecule has 2 N–H and O–H groups in total. The number of nitrogens with zero attached hydrogens (tertiary/aromatic N) is 1. The molecule has 1 aromatic heterocycles. The van der Waals surface area contributed by atoms with E-state index in [2.05, 4.69) is 6.92 Å². The van der Waals surface area contributed by atoms with Gasteiger partial charge in [0.05, 0.1) is 12.2 Å². The molecule has 0 bridgehead atoms. The number of rotatable bonds is 14. The third-order valence-corrected chi connectivity index (χ3v) is 7.79. The maximum atomic E-state index is 12.6. The number of aliphatic hydroxyl groups excluding tert-OH is 2. The molecule has 1 aliphatic rings. The quantitative estimate of drug-likeness (QED) is 0.252. The summed E-state index contributed by atoms with van der Waals surface area (Å²) in [4.78, 5) is 28.4. The number of hydrogen-bond donors (Lipinski definition) is 2. The summed E-state index contributed by atoms with van der Waals surface area (Å²) < 4.78 is 5.16. The molecule has 1 amide bonds. The van der Waals surface area contributed by atoms with E-state index in [-0.39, 0.29) is 24.5 Å². The van der Waals surface area contributed by atoms with Gasteiger partial charge >= 0.3 is 5.97 Å². The summed E-state index contributed by atoms with van der Waals surface area (Å²) in [7, 11) is 0. The van der Waals surface area contributed by atoms with Crippen LogP contribution in [-0.4, -0.2) is 40.8 Å². The summed E-state index contributed by atoms with van der Waals surface area (Å²) in [6.45, 7) is 4.02. The number of hydrogen-bond acceptors (Lipinski definition) is 6. The highest BCUT2D eigenvalue weighted by atomic mass is 32.1. The third kappa shape index (κ3) is 7.89. The molecule has 6 nitrogen and oxygen atoms in total. The van der Waals surface area contributed by atoms with E-state index in [1.54, 1.807) is 6.07 Å². The molecule has 3 rings (SSSR count). The van der Waals surface area contributed by atoms with E-state index in [1.807, 2.05) is 42.2 Å². The number of aryl methyl sites for hydroxylation is 1. The topological polar surface area (TPSA) is 87.1 Å². The van der Waals surface area contributed by atoms with Crippen molar-refractivity contribution in [1.82, 2.24) is 0 Å². The highest BCUT2D eigenvalue weighted by Crippen LogP contribution is 2.31. The molecule has 1 fully saturated rings. The zero-order valence-corrected chi connectivity index (χ0v) is 21.8. The average Bonchev–Trinajstić information content (AvgIpc) is 3.49. The number of aliphatic hydroxyl groups is 2. The lowest BCUT2D eigenvalue weighted by Crippen LogP contribution is -2.32. The number of amides is 1. The highest BCUT2D eigenvalue weighted by molar-refractivity contribution is 7.13. The van der Waals surface area contributed by atoms with Crippen LogP contribution in [0.2, 0.25) is 0 Å². The Morgan fingerprint density at radius 1 is 1.11 bits per heavy atom. The molecule has 2 aromatic rings. The van der Waals surface area contributed by atoms with Crippen LogP contribution in [0.4, 0.5) is 5.69 Å². The van der Waals surface area contributed by atoms with Crippen molar-refractivity contribution in [2.45, 2.75) is 96.3 Å². The Morgan fingerprint density at radius 2 is 1.89 bits per heavy atom. The number of thiophene rings is 1. The van der Waals surface area contributed by atoms with Crippen LogP contribution in [0.5, 0.6) is 0 Å². The standard InChI is InChI=1S/C28H39NO5S/c1-3-5-6-10-25(31)20-11-13-22(14-12-20)29-21(15-18-27(29)32)8-7-9-24-16-17-26(35-24)28(33)34-19-23(30)4-2/h11-14,16-17,21,23,25,30-31H,3-10,15,18-19H2,1-2H3/t21-,23+,25-/m0/s1. The van der Waals surface area contributed by atoms with Crippen LogP contribution in [0.15, 0.2) is 36.4 Å². The first-order valence-electron chi connectivity index (χ1n) is 13.0. The number of benzene rings is 1. The van der Waals surface area contributed by atoms with Crippen molar-refractivity contribution in [3.8, 4) is 0 Å². The zero-order valence-electron chi connectivity index (χ0n) is 20.9. The van der Waals surface area contributed by atoms with Gasteiger partial charge in [-0.2, -0.15) is 0 Å². The molecule has 0 aliphatic carbocycles. The van der Waals surface area contributed by atoms with Crippen LogP contribution in [0.25, 0.3) is 0 Å². The number of unbranched alkanes of at least 4 members (excludes halogenated alkanes) is 2. The van der Waals surface area contributed by atoms with Crippen molar-refractivity contribution >= 4 is 28.9 Å². The number of carbonyl (C=O) groups is 2. The van der Waals surface area contributed by atoms with Crippen molar-refractivity contribution in [2.24, 2.45) is 0 Å². The molecule has 1 saturated heterocycles. The lowest BCUT2D eigenvalue weighted by Gasteiger charge is -2.25. The Hall–Kier alpha value is -2.22. The van der Waals surface area contributed by atoms with Gasteiger partial charge in [-0.1, -0.05) is 45.2 Å². The van der Waals surface area contributed by atoms with Crippen LogP contribution in [0.1, 0.15) is 97.9 Å². The van der Waals surface area contributed by atoms with Gasteiger partial charge in [-0.05, 0) is 68.4 Å². The molecule has 1 aliphatic heterocycles. The molecular formula is C28H39NO5S. The van der Waals surface area contributed by atoms with Crippen LogP contribution in [0, 0.1) is 0 Å². The van der Waals surface area contributed by atoms with Gasteiger partial charge in [0.2, 0.25) is 5.91 Å². The van der Waals surface area contributed by atoms with E-state index in [4.69, 9.17) is 4.74 Å². The van der Waals surface area contributed by atoms with Crippen molar-refractivity contribution in [3.05, 3.63) is 51.7 Å². The molecule has 0 unspecified atom stereocenters. The van der Waals surface area contributed by atoms with Crippen LogP contribution in [0.3, 0.4) is 0 Å². The second kappa shape index (κ2) is 13.8. The van der Waals surface area contributed by atoms with Gasteiger partial charge < -0.3 is 19.8 Å². The highest BCUT2D eigenvalue weighted by Gasteiger charge is 2.31. The predicted molar refractivity (Wildman–Crippen MR) is 140 cm³/mol. The minimum Gasteiger partial charge on any atom is -0.459 e. The van der Waals surface area contributed by atoms with Crippen LogP contribution >= 0.6 is 11.3 Å². The number of anilines is 1. The Labute approximate surface area is 212 Å². The monoisotopic (exact) mass is 501 g/mol. The molecule has 1 aromatic carbocycles. The summed E-state index contributed by atoms with van der Waals surface area (Å²) in [6.07, 6.45) is 7.58. The van der Waals surface area contributed by atoms with E-state index in [9.17, 15) is 19.8 Å². The Morgan fingerprint density at radius 3 is 2.60 bits per heavy atom. The van der Waals surface area contributed by atoms with E-state index >= 15 is 0 Å². The maximum absolute atomic E-state index is 12.6. The van der Waals surface area contributed by atoms with Gasteiger partial charge in [-0.15, -0.1) is 11.3 Å². The summed E-state index contributed by atoms with van der Waals surface area (Å²) in [5.41, 5.74) is 1.81.